The molecule has 1 aromatic carbocycles. The van der Waals surface area contributed by atoms with Crippen LogP contribution in [0, 0.1) is 5.92 Å². The third-order valence-corrected chi connectivity index (χ3v) is 6.12. The van der Waals surface area contributed by atoms with Crippen molar-refractivity contribution in [3.8, 4) is 0 Å². The highest BCUT2D eigenvalue weighted by molar-refractivity contribution is 6.01. The molecule has 2 aliphatic heterocycles. The van der Waals surface area contributed by atoms with Crippen molar-refractivity contribution < 1.29 is 24.3 Å². The van der Waals surface area contributed by atoms with Crippen molar-refractivity contribution in [3.05, 3.63) is 36.0 Å². The molecule has 3 atom stereocenters. The fraction of sp³-hybridized carbons (Fsp3) is 0.455. The van der Waals surface area contributed by atoms with Gasteiger partial charge in [-0.15, -0.1) is 0 Å². The topological polar surface area (TPSA) is 132 Å². The van der Waals surface area contributed by atoms with E-state index in [0.717, 1.165) is 10.9 Å². The second kappa shape index (κ2) is 8.89. The van der Waals surface area contributed by atoms with Gasteiger partial charge in [-0.2, -0.15) is 0 Å². The number of H-pyrrole nitrogens is 1. The molecule has 0 bridgehead atoms. The number of para-hydroxylation sites is 1. The number of carbonyl (C=O) groups is 4. The molecular weight excluding hydrogens is 400 g/mol. The number of hydrogen-bond acceptors (Lipinski definition) is 5. The third kappa shape index (κ3) is 4.32. The summed E-state index contributed by atoms with van der Waals surface area (Å²) < 4.78 is 0. The largest absolute Gasteiger partial charge is 0.389 e. The van der Waals surface area contributed by atoms with Crippen molar-refractivity contribution >= 4 is 34.4 Å². The lowest BCUT2D eigenvalue weighted by Crippen LogP contribution is -2.52. The monoisotopic (exact) mass is 426 g/mol. The lowest BCUT2D eigenvalue weighted by molar-refractivity contribution is -0.132. The summed E-state index contributed by atoms with van der Waals surface area (Å²) >= 11 is 0. The number of Topliss-reactive ketones (excluding diaryl/α,β-unsaturated/α-hetero) is 1. The summed E-state index contributed by atoms with van der Waals surface area (Å²) in [6.07, 6.45) is 1.88. The van der Waals surface area contributed by atoms with Crippen LogP contribution in [0.2, 0.25) is 0 Å². The van der Waals surface area contributed by atoms with E-state index >= 15 is 0 Å². The number of nitrogens with one attached hydrogen (secondary N) is 3. The SMILES string of the molecule is O=C1NCCC1CC(NC(=O)C1CCCN1C(=O)c1cc2ccccc2[nH]1)C(=O)CO. The van der Waals surface area contributed by atoms with E-state index in [2.05, 4.69) is 15.6 Å². The average molecular weight is 426 g/mol. The van der Waals surface area contributed by atoms with E-state index < -0.39 is 30.4 Å². The number of benzene rings is 1. The van der Waals surface area contributed by atoms with Gasteiger partial charge in [0.05, 0.1) is 6.04 Å². The number of aliphatic hydroxyl groups is 1. The van der Waals surface area contributed by atoms with Crippen LogP contribution in [0.1, 0.15) is 36.2 Å². The predicted molar refractivity (Wildman–Crippen MR) is 112 cm³/mol. The van der Waals surface area contributed by atoms with Gasteiger partial charge >= 0.3 is 0 Å². The van der Waals surface area contributed by atoms with Crippen molar-refractivity contribution in [1.29, 1.82) is 0 Å². The van der Waals surface area contributed by atoms with E-state index in [4.69, 9.17) is 0 Å². The van der Waals surface area contributed by atoms with Gasteiger partial charge in [-0.3, -0.25) is 19.2 Å². The maximum Gasteiger partial charge on any atom is 0.270 e. The van der Waals surface area contributed by atoms with Gasteiger partial charge in [0.1, 0.15) is 18.3 Å². The van der Waals surface area contributed by atoms with Crippen LogP contribution in [-0.2, 0) is 14.4 Å². The van der Waals surface area contributed by atoms with Gasteiger partial charge in [0.25, 0.3) is 5.91 Å². The second-order valence-electron chi connectivity index (χ2n) is 8.12. The molecule has 3 unspecified atom stereocenters. The van der Waals surface area contributed by atoms with Crippen molar-refractivity contribution in [2.24, 2.45) is 5.92 Å². The molecule has 0 radical (unpaired) electrons. The number of rotatable bonds is 7. The van der Waals surface area contributed by atoms with E-state index in [-0.39, 0.29) is 24.2 Å². The maximum atomic E-state index is 13.1. The Morgan fingerprint density at radius 3 is 2.74 bits per heavy atom. The summed E-state index contributed by atoms with van der Waals surface area (Å²) in [5.74, 6) is -1.78. The van der Waals surface area contributed by atoms with E-state index in [1.165, 1.54) is 4.90 Å². The fourth-order valence-electron chi connectivity index (χ4n) is 4.43. The number of likely N-dealkylation sites (tertiary alicyclic amines) is 1. The lowest BCUT2D eigenvalue weighted by Gasteiger charge is -2.26. The van der Waals surface area contributed by atoms with Gasteiger partial charge in [0, 0.05) is 29.9 Å². The Morgan fingerprint density at radius 1 is 1.23 bits per heavy atom. The van der Waals surface area contributed by atoms with Gasteiger partial charge in [-0.05, 0) is 37.8 Å². The van der Waals surface area contributed by atoms with Crippen LogP contribution < -0.4 is 10.6 Å². The summed E-state index contributed by atoms with van der Waals surface area (Å²) in [7, 11) is 0. The van der Waals surface area contributed by atoms with Crippen molar-refractivity contribution in [3.63, 3.8) is 0 Å². The number of aromatic amines is 1. The summed E-state index contributed by atoms with van der Waals surface area (Å²) in [4.78, 5) is 54.8. The zero-order valence-corrected chi connectivity index (χ0v) is 17.1. The molecule has 0 spiro atoms. The number of ketones is 1. The number of hydrogen-bond donors (Lipinski definition) is 4. The number of aliphatic hydroxyl groups excluding tert-OH is 1. The molecule has 0 saturated carbocycles. The smallest absolute Gasteiger partial charge is 0.270 e. The normalized spacial score (nSPS) is 21.8. The molecule has 9 heteroatoms. The number of aromatic nitrogens is 1. The molecule has 3 amide bonds. The molecular formula is C22H26N4O5. The van der Waals surface area contributed by atoms with Crippen molar-refractivity contribution in [1.82, 2.24) is 20.5 Å². The second-order valence-corrected chi connectivity index (χ2v) is 8.12. The van der Waals surface area contributed by atoms with Crippen LogP contribution >= 0.6 is 0 Å². The van der Waals surface area contributed by atoms with Crippen molar-refractivity contribution in [2.75, 3.05) is 19.7 Å². The Kier molecular flexibility index (Phi) is 6.03. The molecule has 9 nitrogen and oxygen atoms in total. The van der Waals surface area contributed by atoms with Crippen LogP contribution in [-0.4, -0.2) is 70.3 Å². The quantitative estimate of drug-likeness (QED) is 0.507. The number of carbonyl (C=O) groups excluding carboxylic acids is 4. The van der Waals surface area contributed by atoms with Crippen LogP contribution in [0.3, 0.4) is 0 Å². The molecule has 3 heterocycles. The third-order valence-electron chi connectivity index (χ3n) is 6.12. The van der Waals surface area contributed by atoms with Gasteiger partial charge in [0.2, 0.25) is 11.8 Å². The van der Waals surface area contributed by atoms with Gasteiger partial charge in [-0.1, -0.05) is 18.2 Å². The molecule has 1 aromatic heterocycles. The van der Waals surface area contributed by atoms with Gasteiger partial charge in [-0.25, -0.2) is 0 Å². The molecule has 4 N–H and O–H groups in total. The molecule has 31 heavy (non-hydrogen) atoms. The summed E-state index contributed by atoms with van der Waals surface area (Å²) in [6.45, 7) is 0.254. The molecule has 164 valence electrons. The lowest BCUT2D eigenvalue weighted by atomic mass is 9.95. The number of amides is 3. The number of fused-ring (bicyclic) bond motifs is 1. The first kappa shape index (κ1) is 21.0. The predicted octanol–water partition coefficient (Wildman–Crippen LogP) is 0.345. The zero-order valence-electron chi connectivity index (χ0n) is 17.1. The first-order valence-corrected chi connectivity index (χ1v) is 10.6. The minimum atomic E-state index is -0.961. The first-order chi connectivity index (χ1) is 15.0. The number of nitrogens with zero attached hydrogens (tertiary/aromatic N) is 1. The first-order valence-electron chi connectivity index (χ1n) is 10.6. The standard InChI is InChI=1S/C22H26N4O5/c27-12-19(28)16(11-14-7-8-23-20(14)29)25-21(30)18-6-3-9-26(18)22(31)17-10-13-4-1-2-5-15(13)24-17/h1-2,4-5,10,14,16,18,24,27H,3,6-9,11-12H2,(H,23,29)(H,25,30). The minimum absolute atomic E-state index is 0.139. The summed E-state index contributed by atoms with van der Waals surface area (Å²) in [6, 6.07) is 7.65. The maximum absolute atomic E-state index is 13.1. The Bertz CT molecular complexity index is 983. The van der Waals surface area contributed by atoms with Crippen LogP contribution in [0.5, 0.6) is 0 Å². The summed E-state index contributed by atoms with van der Waals surface area (Å²) in [5, 5.41) is 15.6. The molecule has 2 saturated heterocycles. The van der Waals surface area contributed by atoms with Crippen LogP contribution in [0.4, 0.5) is 0 Å². The molecule has 2 fully saturated rings. The van der Waals surface area contributed by atoms with Gasteiger partial charge < -0.3 is 25.6 Å². The average Bonchev–Trinajstić information content (AvgIpc) is 3.51. The highest BCUT2D eigenvalue weighted by Crippen LogP contribution is 2.23. The van der Waals surface area contributed by atoms with E-state index in [1.807, 2.05) is 24.3 Å². The van der Waals surface area contributed by atoms with Crippen LogP contribution in [0.15, 0.2) is 30.3 Å². The molecule has 0 aliphatic carbocycles. The minimum Gasteiger partial charge on any atom is -0.389 e. The highest BCUT2D eigenvalue weighted by Gasteiger charge is 2.38. The van der Waals surface area contributed by atoms with Crippen molar-refractivity contribution in [2.45, 2.75) is 37.8 Å². The Balaban J connectivity index is 1.47. The fourth-order valence-corrected chi connectivity index (χ4v) is 4.43. The van der Waals surface area contributed by atoms with E-state index in [0.29, 0.717) is 38.0 Å². The Labute approximate surface area is 179 Å². The van der Waals surface area contributed by atoms with E-state index in [1.54, 1.807) is 6.07 Å². The highest BCUT2D eigenvalue weighted by atomic mass is 16.3. The molecule has 2 aliphatic rings. The summed E-state index contributed by atoms with van der Waals surface area (Å²) in [5.41, 5.74) is 1.25. The van der Waals surface area contributed by atoms with Crippen LogP contribution in [0.25, 0.3) is 10.9 Å². The molecule has 4 rings (SSSR count). The zero-order chi connectivity index (χ0) is 22.0. The van der Waals surface area contributed by atoms with E-state index in [9.17, 15) is 24.3 Å². The van der Waals surface area contributed by atoms with Gasteiger partial charge in [0.15, 0.2) is 5.78 Å². The molecule has 2 aromatic rings. The Hall–Kier alpha value is -3.20. The Morgan fingerprint density at radius 2 is 2.03 bits per heavy atom.